The van der Waals surface area contributed by atoms with Gasteiger partial charge in [-0.2, -0.15) is 0 Å². The zero-order chi connectivity index (χ0) is 49.8. The van der Waals surface area contributed by atoms with Gasteiger partial charge < -0.3 is 40.7 Å². The van der Waals surface area contributed by atoms with Crippen LogP contribution in [0.1, 0.15) is 68.2 Å². The maximum atomic E-state index is 14.1. The highest BCUT2D eigenvalue weighted by molar-refractivity contribution is 7.13. The molecule has 7 rings (SSSR count). The van der Waals surface area contributed by atoms with Gasteiger partial charge in [-0.25, -0.2) is 15.0 Å². The summed E-state index contributed by atoms with van der Waals surface area (Å²) in [6, 6.07) is 25.3. The Morgan fingerprint density at radius 1 is 0.857 bits per heavy atom. The molecule has 1 saturated heterocycles. The van der Waals surface area contributed by atoms with Crippen LogP contribution in [0.2, 0.25) is 5.02 Å². The maximum absolute atomic E-state index is 14.1. The number of nitrogens with zero attached hydrogens (tertiary/aromatic N) is 5. The lowest BCUT2D eigenvalue weighted by Gasteiger charge is -2.35. The molecule has 1 aliphatic heterocycles. The molecular formula is C52H58ClN9O7S. The van der Waals surface area contributed by atoms with Crippen LogP contribution in [0.3, 0.4) is 0 Å². The number of benzene rings is 3. The van der Waals surface area contributed by atoms with Crippen LogP contribution < -0.4 is 21.3 Å². The molecule has 1 fully saturated rings. The van der Waals surface area contributed by atoms with Gasteiger partial charge in [0.15, 0.2) is 0 Å². The molecule has 3 aromatic carbocycles. The number of amides is 4. The molecule has 70 heavy (non-hydrogen) atoms. The van der Waals surface area contributed by atoms with Crippen LogP contribution in [0.5, 0.6) is 0 Å². The highest BCUT2D eigenvalue weighted by atomic mass is 35.5. The standard InChI is InChI=1S/C52H58ClN9O7S/c1-32(34-14-16-36(17-15-34)46-33(2)57-31-70-46)58-49(66)43-26-41(63)30-62(43)50(67)47(52(3,4)5)60-44(64)18-20-68-22-23-69-21-19-55-48(65)39-25-40(28-54-27-39)59-51-56-29-42(53)45(61-51)38-13-9-12-37(24-38)35-10-7-6-8-11-35/h6-17,24-25,27-29,31-32,41,43,47,63H,18-23,26,30H2,1-5H3,(H,55,65)(H,58,66)(H,60,64)(H,56,59,61)/t32-,41+,43-,47+/m0/s1. The third-order valence-corrected chi connectivity index (χ3v) is 12.9. The number of aryl methyl sites for hydroxylation is 1. The van der Waals surface area contributed by atoms with Gasteiger partial charge in [0.05, 0.1) is 89.0 Å². The van der Waals surface area contributed by atoms with E-state index in [1.165, 1.54) is 17.3 Å². The number of hydrogen-bond acceptors (Lipinski definition) is 13. The predicted molar refractivity (Wildman–Crippen MR) is 270 cm³/mol. The number of likely N-dealkylation sites (tertiary alicyclic amines) is 1. The fourth-order valence-electron chi connectivity index (χ4n) is 7.94. The molecule has 1 aliphatic rings. The molecule has 366 valence electrons. The van der Waals surface area contributed by atoms with Crippen molar-refractivity contribution >= 4 is 58.2 Å². The Labute approximate surface area is 416 Å². The Morgan fingerprint density at radius 2 is 1.59 bits per heavy atom. The molecule has 0 spiro atoms. The van der Waals surface area contributed by atoms with Crippen molar-refractivity contribution in [1.82, 2.24) is 40.8 Å². The number of ether oxygens (including phenoxy) is 2. The summed E-state index contributed by atoms with van der Waals surface area (Å²) in [5.41, 5.74) is 8.29. The molecule has 3 aromatic heterocycles. The zero-order valence-corrected chi connectivity index (χ0v) is 41.3. The second-order valence-electron chi connectivity index (χ2n) is 18.0. The molecule has 0 aliphatic carbocycles. The minimum Gasteiger partial charge on any atom is -0.391 e. The predicted octanol–water partition coefficient (Wildman–Crippen LogP) is 7.56. The number of nitrogens with one attached hydrogen (secondary N) is 4. The van der Waals surface area contributed by atoms with E-state index in [4.69, 9.17) is 21.1 Å². The molecule has 0 unspecified atom stereocenters. The highest BCUT2D eigenvalue weighted by Gasteiger charge is 2.44. The first-order chi connectivity index (χ1) is 33.6. The Morgan fingerprint density at radius 3 is 2.31 bits per heavy atom. The fourth-order valence-corrected chi connectivity index (χ4v) is 8.95. The molecule has 6 aromatic rings. The summed E-state index contributed by atoms with van der Waals surface area (Å²) in [6.07, 6.45) is 3.72. The van der Waals surface area contributed by atoms with Gasteiger partial charge in [0, 0.05) is 37.7 Å². The van der Waals surface area contributed by atoms with Crippen LogP contribution in [-0.4, -0.2) is 111 Å². The van der Waals surface area contributed by atoms with E-state index in [2.05, 4.69) is 41.2 Å². The number of aliphatic hydroxyl groups excluding tert-OH is 1. The summed E-state index contributed by atoms with van der Waals surface area (Å²) in [4.78, 5) is 73.8. The summed E-state index contributed by atoms with van der Waals surface area (Å²) in [7, 11) is 0. The number of thiazole rings is 1. The number of rotatable bonds is 20. The minimum absolute atomic E-state index is 0.0167. The highest BCUT2D eigenvalue weighted by Crippen LogP contribution is 2.32. The minimum atomic E-state index is -0.964. The number of carbonyl (C=O) groups excluding carboxylic acids is 4. The van der Waals surface area contributed by atoms with E-state index >= 15 is 0 Å². The molecule has 16 nitrogen and oxygen atoms in total. The summed E-state index contributed by atoms with van der Waals surface area (Å²) in [5, 5.41) is 22.8. The van der Waals surface area contributed by atoms with E-state index in [9.17, 15) is 24.3 Å². The van der Waals surface area contributed by atoms with Crippen molar-refractivity contribution in [2.24, 2.45) is 5.41 Å². The van der Waals surface area contributed by atoms with E-state index in [0.29, 0.717) is 22.0 Å². The molecule has 4 heterocycles. The average Bonchev–Trinajstić information content (AvgIpc) is 3.98. The first-order valence-corrected chi connectivity index (χ1v) is 24.3. The second kappa shape index (κ2) is 23.8. The lowest BCUT2D eigenvalue weighted by atomic mass is 9.85. The van der Waals surface area contributed by atoms with Gasteiger partial charge in [-0.05, 0) is 53.6 Å². The molecule has 4 amide bonds. The average molecular weight is 989 g/mol. The molecule has 0 bridgehead atoms. The number of anilines is 2. The quantitative estimate of drug-likeness (QED) is 0.0470. The number of aromatic nitrogens is 4. The zero-order valence-electron chi connectivity index (χ0n) is 39.8. The third-order valence-electron chi connectivity index (χ3n) is 11.7. The lowest BCUT2D eigenvalue weighted by molar-refractivity contribution is -0.144. The number of aliphatic hydroxyl groups is 1. The first-order valence-electron chi connectivity index (χ1n) is 23.1. The van der Waals surface area contributed by atoms with E-state index < -0.39 is 35.4 Å². The first kappa shape index (κ1) is 51.2. The number of β-amino-alcohol motifs (C(OH)–C–C–N with tert-alkyl or cyclic N) is 1. The molecule has 5 N–H and O–H groups in total. The van der Waals surface area contributed by atoms with Crippen molar-refractivity contribution in [2.45, 2.75) is 71.7 Å². The Bertz CT molecular complexity index is 2750. The van der Waals surface area contributed by atoms with E-state index in [-0.39, 0.29) is 76.2 Å². The smallest absolute Gasteiger partial charge is 0.253 e. The van der Waals surface area contributed by atoms with Crippen molar-refractivity contribution in [2.75, 3.05) is 44.8 Å². The lowest BCUT2D eigenvalue weighted by Crippen LogP contribution is -2.58. The summed E-state index contributed by atoms with van der Waals surface area (Å²) < 4.78 is 11.3. The summed E-state index contributed by atoms with van der Waals surface area (Å²) in [5.74, 6) is -1.28. The third kappa shape index (κ3) is 13.6. The number of carbonyl (C=O) groups is 4. The van der Waals surface area contributed by atoms with Crippen LogP contribution in [0.25, 0.3) is 32.8 Å². The Balaban J connectivity index is 0.807. The van der Waals surface area contributed by atoms with Gasteiger partial charge >= 0.3 is 0 Å². The topological polar surface area (TPSA) is 210 Å². The van der Waals surface area contributed by atoms with Crippen molar-refractivity contribution in [3.05, 3.63) is 131 Å². The van der Waals surface area contributed by atoms with Crippen molar-refractivity contribution in [1.29, 1.82) is 0 Å². The molecular weight excluding hydrogens is 930 g/mol. The maximum Gasteiger partial charge on any atom is 0.253 e. The molecule has 0 radical (unpaired) electrons. The summed E-state index contributed by atoms with van der Waals surface area (Å²) in [6.45, 7) is 10.2. The van der Waals surface area contributed by atoms with Crippen LogP contribution in [0.15, 0.2) is 109 Å². The van der Waals surface area contributed by atoms with Gasteiger partial charge in [-0.3, -0.25) is 24.2 Å². The van der Waals surface area contributed by atoms with Crippen LogP contribution in [-0.2, 0) is 23.9 Å². The Hall–Kier alpha value is -6.63. The van der Waals surface area contributed by atoms with E-state index in [0.717, 1.165) is 38.4 Å². The van der Waals surface area contributed by atoms with Gasteiger partial charge in [-0.1, -0.05) is 105 Å². The van der Waals surface area contributed by atoms with Crippen molar-refractivity contribution in [3.63, 3.8) is 0 Å². The van der Waals surface area contributed by atoms with Crippen molar-refractivity contribution in [3.8, 4) is 32.8 Å². The van der Waals surface area contributed by atoms with Crippen LogP contribution in [0.4, 0.5) is 11.6 Å². The summed E-state index contributed by atoms with van der Waals surface area (Å²) >= 11 is 8.10. The van der Waals surface area contributed by atoms with Gasteiger partial charge in [-0.15, -0.1) is 11.3 Å². The molecule has 0 saturated carbocycles. The number of halogens is 1. The van der Waals surface area contributed by atoms with Gasteiger partial charge in [0.2, 0.25) is 23.7 Å². The van der Waals surface area contributed by atoms with Crippen molar-refractivity contribution < 1.29 is 33.8 Å². The monoisotopic (exact) mass is 987 g/mol. The second-order valence-corrected chi connectivity index (χ2v) is 19.3. The molecule has 4 atom stereocenters. The molecule has 18 heteroatoms. The van der Waals surface area contributed by atoms with E-state index in [1.807, 2.05) is 119 Å². The van der Waals surface area contributed by atoms with Crippen LogP contribution in [0, 0.1) is 12.3 Å². The normalized spacial score (nSPS) is 15.5. The van der Waals surface area contributed by atoms with Gasteiger partial charge in [0.25, 0.3) is 5.91 Å². The van der Waals surface area contributed by atoms with E-state index in [1.54, 1.807) is 23.6 Å². The van der Waals surface area contributed by atoms with Crippen LogP contribution >= 0.6 is 22.9 Å². The van der Waals surface area contributed by atoms with Gasteiger partial charge in [0.1, 0.15) is 12.1 Å². The largest absolute Gasteiger partial charge is 0.391 e. The number of pyridine rings is 1. The Kier molecular flexibility index (Phi) is 17.4. The SMILES string of the molecule is Cc1ncsc1-c1ccc([C@H](C)NC(=O)[C@@H]2C[C@@H](O)CN2C(=O)[C@@H](NC(=O)CCOCCOCCNC(=O)c2cncc(Nc3ncc(Cl)c(-c4cccc(-c5ccccc5)c4)n3)c2)C(C)(C)C)cc1. The fraction of sp³-hybridized carbons (Fsp3) is 0.346. The number of hydrogen-bond donors (Lipinski definition) is 5.